The molecule has 2 N–H and O–H groups in total. The van der Waals surface area contributed by atoms with E-state index in [2.05, 4.69) is 29.2 Å². The molecule has 0 atom stereocenters. The van der Waals surface area contributed by atoms with Gasteiger partial charge in [0, 0.05) is 16.1 Å². The van der Waals surface area contributed by atoms with Crippen molar-refractivity contribution in [3.05, 3.63) is 33.7 Å². The predicted molar refractivity (Wildman–Crippen MR) is 88.3 cm³/mol. The Balaban J connectivity index is 2.01. The molecule has 0 saturated heterocycles. The van der Waals surface area contributed by atoms with Crippen LogP contribution in [0.5, 0.6) is 0 Å². The first kappa shape index (κ1) is 14.8. The summed E-state index contributed by atoms with van der Waals surface area (Å²) in [6.45, 7) is 5.37. The summed E-state index contributed by atoms with van der Waals surface area (Å²) < 4.78 is 6.58. The lowest BCUT2D eigenvalue weighted by Crippen LogP contribution is -1.99. The summed E-state index contributed by atoms with van der Waals surface area (Å²) in [4.78, 5) is 5.59. The van der Waals surface area contributed by atoms with Gasteiger partial charge in [-0.25, -0.2) is 0 Å². The molecule has 2 aromatic rings. The third-order valence-electron chi connectivity index (χ3n) is 2.85. The zero-order chi connectivity index (χ0) is 14.4. The molecule has 1 aromatic carbocycles. The first-order valence-electron chi connectivity index (χ1n) is 6.78. The van der Waals surface area contributed by atoms with Crippen LogP contribution in [-0.4, -0.2) is 19.0 Å². The second kappa shape index (κ2) is 7.26. The third-order valence-corrected chi connectivity index (χ3v) is 3.88. The van der Waals surface area contributed by atoms with Crippen molar-refractivity contribution in [3.8, 4) is 0 Å². The summed E-state index contributed by atoms with van der Waals surface area (Å²) in [5.74, 6) is 0.587. The molecule has 1 heterocycles. The summed E-state index contributed by atoms with van der Waals surface area (Å²) in [6, 6.07) is 8.22. The van der Waals surface area contributed by atoms with E-state index in [4.69, 9.17) is 10.3 Å². The molecule has 106 valence electrons. The van der Waals surface area contributed by atoms with Gasteiger partial charge in [0.2, 0.25) is 0 Å². The molecule has 0 amide bonds. The zero-order valence-corrected chi connectivity index (χ0v) is 12.7. The van der Waals surface area contributed by atoms with Crippen molar-refractivity contribution >= 4 is 33.0 Å². The number of unbranched alkanes of at least 4 members (excludes halogenated alkanes) is 1. The Bertz CT molecular complexity index is 631. The number of hydrogen-bond donors (Lipinski definition) is 1. The van der Waals surface area contributed by atoms with Gasteiger partial charge in [0.25, 0.3) is 0 Å². The SMILES string of the molecule is CC(=NCCCCN)[O+]=Nc1ccc2sc(C)cc2c1. The highest BCUT2D eigenvalue weighted by molar-refractivity contribution is 7.19. The molecule has 0 radical (unpaired) electrons. The molecule has 0 unspecified atom stereocenters. The van der Waals surface area contributed by atoms with Gasteiger partial charge in [0.1, 0.15) is 0 Å². The standard InChI is InChI=1S/C15H20N3OS/c1-11-9-13-10-14(5-6-15(13)20-11)18-19-12(2)17-8-4-3-7-16/h5-6,9-10H,3-4,7-8,16H2,1-2H3/q+1. The number of aryl methyl sites for hydroxylation is 1. The number of thiophene rings is 1. The third kappa shape index (κ3) is 4.21. The monoisotopic (exact) mass is 290 g/mol. The van der Waals surface area contributed by atoms with Crippen molar-refractivity contribution in [2.24, 2.45) is 15.9 Å². The zero-order valence-electron chi connectivity index (χ0n) is 11.9. The average Bonchev–Trinajstić information content (AvgIpc) is 2.80. The molecule has 2 rings (SSSR count). The molecule has 0 aliphatic carbocycles. The van der Waals surface area contributed by atoms with Crippen LogP contribution in [-0.2, 0) is 0 Å². The van der Waals surface area contributed by atoms with Crippen molar-refractivity contribution < 1.29 is 0 Å². The van der Waals surface area contributed by atoms with Gasteiger partial charge in [-0.3, -0.25) is 0 Å². The quantitative estimate of drug-likeness (QED) is 0.379. The maximum absolute atomic E-state index is 5.43. The molecule has 0 aliphatic rings. The van der Waals surface area contributed by atoms with Crippen molar-refractivity contribution in [1.82, 2.24) is 0 Å². The molecule has 4 nitrogen and oxygen atoms in total. The molecule has 0 aliphatic heterocycles. The van der Waals surface area contributed by atoms with E-state index in [0.29, 0.717) is 12.4 Å². The fraction of sp³-hybridized carbons (Fsp3) is 0.400. The van der Waals surface area contributed by atoms with Gasteiger partial charge >= 0.3 is 5.90 Å². The lowest BCUT2D eigenvalue weighted by Gasteiger charge is -1.89. The van der Waals surface area contributed by atoms with Gasteiger partial charge in [0.05, 0.1) is 6.92 Å². The molecule has 20 heavy (non-hydrogen) atoms. The first-order valence-corrected chi connectivity index (χ1v) is 7.60. The van der Waals surface area contributed by atoms with Crippen molar-refractivity contribution in [2.75, 3.05) is 13.1 Å². The van der Waals surface area contributed by atoms with Crippen LogP contribution < -0.4 is 5.73 Å². The Morgan fingerprint density at radius 2 is 2.15 bits per heavy atom. The van der Waals surface area contributed by atoms with Crippen molar-refractivity contribution in [3.63, 3.8) is 0 Å². The fourth-order valence-corrected chi connectivity index (χ4v) is 2.77. The number of nitrogens with two attached hydrogens (primary N) is 1. The topological polar surface area (TPSA) is 62.0 Å². The summed E-state index contributed by atoms with van der Waals surface area (Å²) in [5.41, 5.74) is 6.24. The van der Waals surface area contributed by atoms with E-state index in [-0.39, 0.29) is 0 Å². The van der Waals surface area contributed by atoms with Crippen molar-refractivity contribution in [1.29, 1.82) is 0 Å². The van der Waals surface area contributed by atoms with Gasteiger partial charge in [-0.2, -0.15) is 4.99 Å². The minimum atomic E-state index is 0.587. The highest BCUT2D eigenvalue weighted by Crippen LogP contribution is 2.28. The lowest BCUT2D eigenvalue weighted by molar-refractivity contribution is 0.756. The number of hydrogen-bond acceptors (Lipinski definition) is 4. The van der Waals surface area contributed by atoms with E-state index in [1.165, 1.54) is 15.0 Å². The van der Waals surface area contributed by atoms with Crippen LogP contribution in [0.15, 0.2) is 34.4 Å². The highest BCUT2D eigenvalue weighted by atomic mass is 32.1. The first-order chi connectivity index (χ1) is 9.69. The number of benzene rings is 1. The van der Waals surface area contributed by atoms with E-state index in [0.717, 1.165) is 25.1 Å². The van der Waals surface area contributed by atoms with E-state index < -0.39 is 0 Å². The Kier molecular flexibility index (Phi) is 5.38. The lowest BCUT2D eigenvalue weighted by atomic mass is 10.2. The largest absolute Gasteiger partial charge is 0.465 e. The average molecular weight is 290 g/mol. The molecule has 5 heteroatoms. The molecule has 0 saturated carbocycles. The normalized spacial score (nSPS) is 12.7. The maximum Gasteiger partial charge on any atom is 0.465 e. The molecular formula is C15H20N3OS+. The molecular weight excluding hydrogens is 270 g/mol. The van der Waals surface area contributed by atoms with E-state index >= 15 is 0 Å². The Labute approximate surface area is 123 Å². The number of nitrogens with zero attached hydrogens (tertiary/aromatic N) is 2. The fourth-order valence-electron chi connectivity index (χ4n) is 1.86. The molecule has 0 fully saturated rings. The van der Waals surface area contributed by atoms with E-state index in [1.807, 2.05) is 19.1 Å². The van der Waals surface area contributed by atoms with E-state index in [1.54, 1.807) is 11.3 Å². The van der Waals surface area contributed by atoms with Crippen LogP contribution in [0, 0.1) is 11.5 Å². The van der Waals surface area contributed by atoms with Gasteiger partial charge in [0.15, 0.2) is 10.9 Å². The smallest absolute Gasteiger partial charge is 0.330 e. The summed E-state index contributed by atoms with van der Waals surface area (Å²) in [6.07, 6.45) is 1.97. The van der Waals surface area contributed by atoms with Gasteiger partial charge in [-0.1, -0.05) is 4.54 Å². The van der Waals surface area contributed by atoms with E-state index in [9.17, 15) is 0 Å². The van der Waals surface area contributed by atoms with Crippen molar-refractivity contribution in [2.45, 2.75) is 26.7 Å². The van der Waals surface area contributed by atoms with Crippen LogP contribution in [0.2, 0.25) is 0 Å². The molecule has 0 bridgehead atoms. The Morgan fingerprint density at radius 1 is 1.30 bits per heavy atom. The highest BCUT2D eigenvalue weighted by Gasteiger charge is 2.06. The summed E-state index contributed by atoms with van der Waals surface area (Å²) in [7, 11) is 0. The number of nitroso groups, excluding NO2 is 1. The van der Waals surface area contributed by atoms with Crippen LogP contribution in [0.4, 0.5) is 5.69 Å². The number of rotatable bonds is 5. The maximum atomic E-state index is 5.43. The Hall–Kier alpha value is -1.59. The second-order valence-corrected chi connectivity index (χ2v) is 5.95. The number of fused-ring (bicyclic) bond motifs is 1. The van der Waals surface area contributed by atoms with Crippen LogP contribution in [0.3, 0.4) is 0 Å². The molecule has 1 aromatic heterocycles. The minimum absolute atomic E-state index is 0.587. The van der Waals surface area contributed by atoms with Gasteiger partial charge in [-0.05, 0) is 56.0 Å². The predicted octanol–water partition coefficient (Wildman–Crippen LogP) is 4.30. The molecule has 0 spiro atoms. The van der Waals surface area contributed by atoms with Crippen LogP contribution >= 0.6 is 11.3 Å². The van der Waals surface area contributed by atoms with Crippen LogP contribution in [0.1, 0.15) is 24.6 Å². The number of aliphatic imine (C=N–C) groups is 1. The second-order valence-electron chi connectivity index (χ2n) is 4.66. The van der Waals surface area contributed by atoms with Crippen LogP contribution in [0.25, 0.3) is 10.1 Å². The minimum Gasteiger partial charge on any atom is -0.330 e. The Morgan fingerprint density at radius 3 is 2.95 bits per heavy atom. The van der Waals surface area contributed by atoms with Gasteiger partial charge in [-0.15, -0.1) is 11.3 Å². The summed E-state index contributed by atoms with van der Waals surface area (Å²) >= 11 is 1.78. The summed E-state index contributed by atoms with van der Waals surface area (Å²) in [5, 5.41) is 5.32. The van der Waals surface area contributed by atoms with Gasteiger partial charge < -0.3 is 5.73 Å².